The fourth-order valence-electron chi connectivity index (χ4n) is 4.49. The van der Waals surface area contributed by atoms with Gasteiger partial charge in [-0.15, -0.1) is 0 Å². The molecule has 248 valence electrons. The van der Waals surface area contributed by atoms with E-state index in [0.29, 0.717) is 0 Å². The second-order valence-corrected chi connectivity index (χ2v) is 9.68. The minimum absolute atomic E-state index is 0.572. The molecule has 0 aromatic rings. The van der Waals surface area contributed by atoms with E-state index in [9.17, 15) is 38.7 Å². The Balaban J connectivity index is 2.66. The van der Waals surface area contributed by atoms with Crippen molar-refractivity contribution in [3.8, 4) is 0 Å². The molecule has 0 aromatic carbocycles. The van der Waals surface area contributed by atoms with E-state index in [2.05, 4.69) is 0 Å². The molecule has 0 saturated carbocycles. The minimum Gasteiger partial charge on any atom is -0.463 e. The Bertz CT molecular complexity index is 1090. The molecular formula is C26H36O18. The van der Waals surface area contributed by atoms with Gasteiger partial charge in [-0.05, 0) is 0 Å². The fourth-order valence-corrected chi connectivity index (χ4v) is 4.49. The maximum atomic E-state index is 12.2. The van der Waals surface area contributed by atoms with Gasteiger partial charge < -0.3 is 52.5 Å². The van der Waals surface area contributed by atoms with Crippen LogP contribution >= 0.6 is 0 Å². The molecular weight excluding hydrogens is 600 g/mol. The molecule has 10 atom stereocenters. The fraction of sp³-hybridized carbons (Fsp3) is 0.731. The highest BCUT2D eigenvalue weighted by Crippen LogP contribution is 2.34. The quantitative estimate of drug-likeness (QED) is 0.203. The van der Waals surface area contributed by atoms with Crippen molar-refractivity contribution in [2.45, 2.75) is 110 Å². The lowest BCUT2D eigenvalue weighted by molar-refractivity contribution is -0.357. The summed E-state index contributed by atoms with van der Waals surface area (Å²) in [5.41, 5.74) is 0. The number of aliphatic hydroxyl groups is 1. The van der Waals surface area contributed by atoms with E-state index in [1.54, 1.807) is 0 Å². The average molecular weight is 637 g/mol. The molecule has 1 N–H and O–H groups in total. The summed E-state index contributed by atoms with van der Waals surface area (Å²) in [7, 11) is 0. The zero-order valence-electron chi connectivity index (χ0n) is 25.1. The van der Waals surface area contributed by atoms with Crippen LogP contribution in [0.4, 0.5) is 0 Å². The van der Waals surface area contributed by atoms with Crippen LogP contribution in [0.5, 0.6) is 0 Å². The normalized spacial score (nSPS) is 31.5. The van der Waals surface area contributed by atoms with E-state index in [-0.39, 0.29) is 0 Å². The second kappa shape index (κ2) is 16.3. The number of aliphatic hydroxyl groups excluding tert-OH is 1. The van der Waals surface area contributed by atoms with Gasteiger partial charge in [0.1, 0.15) is 31.5 Å². The van der Waals surface area contributed by atoms with Crippen molar-refractivity contribution < 1.29 is 86.0 Å². The van der Waals surface area contributed by atoms with Crippen molar-refractivity contribution in [1.82, 2.24) is 0 Å². The number of hydrogen-bond acceptors (Lipinski definition) is 18. The van der Waals surface area contributed by atoms with Crippen molar-refractivity contribution in [1.29, 1.82) is 0 Å². The Labute approximate surface area is 251 Å². The van der Waals surface area contributed by atoms with E-state index in [1.807, 2.05) is 0 Å². The first-order chi connectivity index (χ1) is 20.5. The Morgan fingerprint density at radius 2 is 0.841 bits per heavy atom. The number of hydrogen-bond donors (Lipinski definition) is 1. The van der Waals surface area contributed by atoms with Crippen LogP contribution in [0, 0.1) is 0 Å². The molecule has 0 aliphatic carbocycles. The Morgan fingerprint density at radius 3 is 1.27 bits per heavy atom. The summed E-state index contributed by atoms with van der Waals surface area (Å²) >= 11 is 0. The third-order valence-corrected chi connectivity index (χ3v) is 5.90. The first kappa shape index (κ1) is 36.3. The molecule has 2 aliphatic rings. The van der Waals surface area contributed by atoms with Gasteiger partial charge in [-0.3, -0.25) is 33.6 Å². The van der Waals surface area contributed by atoms with Crippen LogP contribution in [-0.2, 0) is 80.9 Å². The zero-order chi connectivity index (χ0) is 33.3. The average Bonchev–Trinajstić information content (AvgIpc) is 2.87. The van der Waals surface area contributed by atoms with E-state index in [1.165, 1.54) is 0 Å². The monoisotopic (exact) mass is 636 g/mol. The molecule has 44 heavy (non-hydrogen) atoms. The van der Waals surface area contributed by atoms with Gasteiger partial charge in [0.15, 0.2) is 43.1 Å². The predicted octanol–water partition coefficient (Wildman–Crippen LogP) is -1.40. The topological polar surface area (TPSA) is 232 Å². The lowest BCUT2D eigenvalue weighted by Gasteiger charge is -2.48. The number of carbonyl (C=O) groups excluding carboxylic acids is 7. The molecule has 2 rings (SSSR count). The van der Waals surface area contributed by atoms with Crippen LogP contribution in [0.2, 0.25) is 0 Å². The number of esters is 7. The highest BCUT2D eigenvalue weighted by Gasteiger charge is 2.57. The predicted molar refractivity (Wildman–Crippen MR) is 135 cm³/mol. The molecule has 2 saturated heterocycles. The highest BCUT2D eigenvalue weighted by atomic mass is 16.8. The molecule has 2 fully saturated rings. The Kier molecular flexibility index (Phi) is 13.4. The van der Waals surface area contributed by atoms with Crippen LogP contribution in [0.1, 0.15) is 48.5 Å². The summed E-state index contributed by atoms with van der Waals surface area (Å²) in [6, 6.07) is 0. The van der Waals surface area contributed by atoms with Crippen LogP contribution in [0.3, 0.4) is 0 Å². The van der Waals surface area contributed by atoms with Gasteiger partial charge in [0, 0.05) is 48.5 Å². The van der Waals surface area contributed by atoms with Gasteiger partial charge in [-0.25, -0.2) is 0 Å². The van der Waals surface area contributed by atoms with Crippen LogP contribution < -0.4 is 0 Å². The van der Waals surface area contributed by atoms with Crippen LogP contribution in [-0.4, -0.2) is 122 Å². The van der Waals surface area contributed by atoms with Crippen molar-refractivity contribution in [3.63, 3.8) is 0 Å². The lowest BCUT2D eigenvalue weighted by atomic mass is 9.96. The SMILES string of the molecule is CC(=O)OC[C@H]1O[C@H](O)[C@H](OC(C)=O)[C@@H](OC(C)=O)[C@@H]1O[C@H]1O[C@H](COC(C)=O)[C@@H](OC(C)=O)[C@H](OC(C)=O)[C@H]1OC(C)=O. The largest absolute Gasteiger partial charge is 0.463 e. The van der Waals surface area contributed by atoms with Crippen molar-refractivity contribution in [3.05, 3.63) is 0 Å². The zero-order valence-corrected chi connectivity index (χ0v) is 25.1. The first-order valence-electron chi connectivity index (χ1n) is 13.3. The summed E-state index contributed by atoms with van der Waals surface area (Å²) in [5.74, 6) is -6.03. The third kappa shape index (κ3) is 10.7. The molecule has 18 heteroatoms. The second-order valence-electron chi connectivity index (χ2n) is 9.68. The van der Waals surface area contributed by atoms with Gasteiger partial charge in [0.25, 0.3) is 0 Å². The number of ether oxygens (including phenoxy) is 10. The van der Waals surface area contributed by atoms with Crippen molar-refractivity contribution in [2.24, 2.45) is 0 Å². The standard InChI is InChI=1S/C26H36O18/c1-10(27)35-8-17-20(21(38-13(4)30)23(25(34)42-17)40-15(6)32)44-26-24(41-16(7)33)22(39-14(5)31)19(37-12(3)29)18(43-26)9-36-11(2)28/h17-26,34H,8-9H2,1-7H3/t17-,18-,19-,20-,21+,22+,23-,24-,25+,26-/m1/s1. The summed E-state index contributed by atoms with van der Waals surface area (Å²) in [4.78, 5) is 83.5. The van der Waals surface area contributed by atoms with Crippen LogP contribution in [0.25, 0.3) is 0 Å². The maximum Gasteiger partial charge on any atom is 0.303 e. The minimum atomic E-state index is -1.90. The number of carbonyl (C=O) groups is 7. The maximum absolute atomic E-state index is 12.2. The molecule has 2 heterocycles. The molecule has 18 nitrogen and oxygen atoms in total. The molecule has 0 bridgehead atoms. The van der Waals surface area contributed by atoms with Gasteiger partial charge >= 0.3 is 41.8 Å². The highest BCUT2D eigenvalue weighted by molar-refractivity contribution is 5.69. The van der Waals surface area contributed by atoms with Gasteiger partial charge in [-0.1, -0.05) is 0 Å². The first-order valence-corrected chi connectivity index (χ1v) is 13.3. The summed E-state index contributed by atoms with van der Waals surface area (Å²) < 4.78 is 54.1. The molecule has 0 aromatic heterocycles. The molecule has 0 radical (unpaired) electrons. The summed E-state index contributed by atoms with van der Waals surface area (Å²) in [6.45, 7) is 6.11. The molecule has 0 unspecified atom stereocenters. The summed E-state index contributed by atoms with van der Waals surface area (Å²) in [6.07, 6.45) is -16.3. The van der Waals surface area contributed by atoms with Gasteiger partial charge in [0.05, 0.1) is 0 Å². The van der Waals surface area contributed by atoms with E-state index >= 15 is 0 Å². The van der Waals surface area contributed by atoms with Crippen molar-refractivity contribution in [2.75, 3.05) is 13.2 Å². The lowest BCUT2D eigenvalue weighted by Crippen LogP contribution is -2.67. The third-order valence-electron chi connectivity index (χ3n) is 5.90. The van der Waals surface area contributed by atoms with Gasteiger partial charge in [-0.2, -0.15) is 0 Å². The van der Waals surface area contributed by atoms with E-state index in [4.69, 9.17) is 47.4 Å². The van der Waals surface area contributed by atoms with Crippen LogP contribution in [0.15, 0.2) is 0 Å². The smallest absolute Gasteiger partial charge is 0.303 e. The van der Waals surface area contributed by atoms with Gasteiger partial charge in [0.2, 0.25) is 0 Å². The Hall–Kier alpha value is -3.87. The van der Waals surface area contributed by atoms with Crippen molar-refractivity contribution >= 4 is 41.8 Å². The Morgan fingerprint density at radius 1 is 0.477 bits per heavy atom. The molecule has 0 spiro atoms. The molecule has 2 aliphatic heterocycles. The van der Waals surface area contributed by atoms with E-state index in [0.717, 1.165) is 48.5 Å². The molecule has 0 amide bonds. The van der Waals surface area contributed by atoms with E-state index < -0.39 is 116 Å². The number of rotatable bonds is 11. The summed E-state index contributed by atoms with van der Waals surface area (Å²) in [5, 5.41) is 10.6.